The Morgan fingerprint density at radius 3 is 2.04 bits per heavy atom. The molecule has 0 bridgehead atoms. The second kappa shape index (κ2) is 9.67. The number of rotatable bonds is 10. The third kappa shape index (κ3) is 5.04. The van der Waals surface area contributed by atoms with Gasteiger partial charge in [0.15, 0.2) is 5.78 Å². The number of carbonyl (C=O) groups excluding carboxylic acids is 1. The summed E-state index contributed by atoms with van der Waals surface area (Å²) in [4.78, 5) is 12.7. The van der Waals surface area contributed by atoms with Crippen molar-refractivity contribution in [3.8, 4) is 5.75 Å². The van der Waals surface area contributed by atoms with Crippen LogP contribution in [0.1, 0.15) is 41.8 Å². The Morgan fingerprint density at radius 1 is 0.962 bits per heavy atom. The van der Waals surface area contributed by atoms with Crippen molar-refractivity contribution < 1.29 is 23.1 Å². The van der Waals surface area contributed by atoms with Gasteiger partial charge in [-0.1, -0.05) is 42.5 Å². The Kier molecular flexibility index (Phi) is 7.58. The van der Waals surface area contributed by atoms with Gasteiger partial charge in [-0.15, -0.1) is 0 Å². The monoisotopic (exact) mass is 376 g/mol. The molecule has 2 rings (SSSR count). The maximum Gasteiger partial charge on any atom is 0.338 e. The Labute approximate surface area is 154 Å². The first-order valence-electron chi connectivity index (χ1n) is 8.65. The Hall–Kier alpha value is -1.94. The summed E-state index contributed by atoms with van der Waals surface area (Å²) >= 11 is 0. The first-order chi connectivity index (χ1) is 12.5. The van der Waals surface area contributed by atoms with Gasteiger partial charge in [-0.05, 0) is 31.5 Å². The van der Waals surface area contributed by atoms with E-state index in [1.165, 1.54) is 0 Å². The first kappa shape index (κ1) is 20.4. The molecule has 0 aliphatic rings. The third-order valence-corrected chi connectivity index (χ3v) is 6.46. The SMILES string of the molecule is CCOP(=O)(OCC)C(CC(=O)c1ccccc1)c1ccc(OC)cc1. The van der Waals surface area contributed by atoms with Gasteiger partial charge < -0.3 is 13.8 Å². The lowest BCUT2D eigenvalue weighted by atomic mass is 10.0. The van der Waals surface area contributed by atoms with Gasteiger partial charge >= 0.3 is 7.60 Å². The fraction of sp³-hybridized carbons (Fsp3) is 0.350. The van der Waals surface area contributed by atoms with Gasteiger partial charge in [-0.25, -0.2) is 0 Å². The standard InChI is InChI=1S/C20H25O5P/c1-4-24-26(22,25-5-2)20(17-11-13-18(23-3)14-12-17)15-19(21)16-9-7-6-8-10-16/h6-14,20H,4-5,15H2,1-3H3. The van der Waals surface area contributed by atoms with Gasteiger partial charge in [-0.3, -0.25) is 9.36 Å². The van der Waals surface area contributed by atoms with E-state index in [2.05, 4.69) is 0 Å². The van der Waals surface area contributed by atoms with E-state index in [1.54, 1.807) is 69.5 Å². The molecule has 5 nitrogen and oxygen atoms in total. The summed E-state index contributed by atoms with van der Waals surface area (Å²) in [7, 11) is -1.93. The number of ketones is 1. The molecule has 0 aliphatic heterocycles. The molecule has 0 fully saturated rings. The van der Waals surface area contributed by atoms with Crippen LogP contribution in [0.2, 0.25) is 0 Å². The van der Waals surface area contributed by atoms with Crippen molar-refractivity contribution in [1.29, 1.82) is 0 Å². The lowest BCUT2D eigenvalue weighted by molar-refractivity contribution is 0.0973. The molecule has 140 valence electrons. The molecule has 2 aromatic rings. The normalized spacial score (nSPS) is 12.6. The average Bonchev–Trinajstić information content (AvgIpc) is 2.67. The molecule has 0 heterocycles. The third-order valence-electron chi connectivity index (χ3n) is 3.97. The van der Waals surface area contributed by atoms with Crippen molar-refractivity contribution >= 4 is 13.4 Å². The van der Waals surface area contributed by atoms with E-state index in [0.29, 0.717) is 11.3 Å². The van der Waals surface area contributed by atoms with Crippen LogP contribution in [0.5, 0.6) is 5.75 Å². The summed E-state index contributed by atoms with van der Waals surface area (Å²) < 4.78 is 29.6. The molecule has 0 saturated carbocycles. The predicted octanol–water partition coefficient (Wildman–Crippen LogP) is 5.28. The molecule has 0 spiro atoms. The van der Waals surface area contributed by atoms with Crippen molar-refractivity contribution in [3.63, 3.8) is 0 Å². The van der Waals surface area contributed by atoms with E-state index >= 15 is 0 Å². The number of ether oxygens (including phenoxy) is 1. The molecule has 0 radical (unpaired) electrons. The van der Waals surface area contributed by atoms with E-state index in [9.17, 15) is 9.36 Å². The highest BCUT2D eigenvalue weighted by molar-refractivity contribution is 7.54. The zero-order valence-electron chi connectivity index (χ0n) is 15.4. The molecule has 0 N–H and O–H groups in total. The van der Waals surface area contributed by atoms with Crippen molar-refractivity contribution in [3.05, 3.63) is 65.7 Å². The van der Waals surface area contributed by atoms with Crippen LogP contribution in [0.15, 0.2) is 54.6 Å². The molecule has 0 aliphatic carbocycles. The van der Waals surface area contributed by atoms with Crippen LogP contribution >= 0.6 is 7.60 Å². The number of benzene rings is 2. The molecular formula is C20H25O5P. The second-order valence-electron chi connectivity index (χ2n) is 5.66. The summed E-state index contributed by atoms with van der Waals surface area (Å²) in [6, 6.07) is 16.1. The Bertz CT molecular complexity index is 733. The second-order valence-corrected chi connectivity index (χ2v) is 7.88. The summed E-state index contributed by atoms with van der Waals surface area (Å²) in [5, 5.41) is 0. The number of hydrogen-bond donors (Lipinski definition) is 0. The van der Waals surface area contributed by atoms with Crippen LogP contribution < -0.4 is 4.74 Å². The number of hydrogen-bond acceptors (Lipinski definition) is 5. The van der Waals surface area contributed by atoms with E-state index in [0.717, 1.165) is 5.56 Å². The molecule has 1 unspecified atom stereocenters. The zero-order valence-corrected chi connectivity index (χ0v) is 16.3. The van der Waals surface area contributed by atoms with Crippen molar-refractivity contribution in [2.75, 3.05) is 20.3 Å². The van der Waals surface area contributed by atoms with Crippen molar-refractivity contribution in [1.82, 2.24) is 0 Å². The summed E-state index contributed by atoms with van der Waals surface area (Å²) in [5.74, 6) is 0.579. The molecule has 0 saturated heterocycles. The maximum atomic E-state index is 13.4. The van der Waals surface area contributed by atoms with Gasteiger partial charge in [0, 0.05) is 12.0 Å². The lowest BCUT2D eigenvalue weighted by Gasteiger charge is -2.26. The van der Waals surface area contributed by atoms with Crippen LogP contribution in [-0.4, -0.2) is 26.1 Å². The largest absolute Gasteiger partial charge is 0.497 e. The zero-order chi connectivity index (χ0) is 19.0. The van der Waals surface area contributed by atoms with Gasteiger partial charge in [0.05, 0.1) is 26.0 Å². The minimum Gasteiger partial charge on any atom is -0.497 e. The van der Waals surface area contributed by atoms with Crippen LogP contribution in [0.25, 0.3) is 0 Å². The van der Waals surface area contributed by atoms with Crippen LogP contribution in [0.3, 0.4) is 0 Å². The van der Waals surface area contributed by atoms with Crippen LogP contribution in [-0.2, 0) is 13.6 Å². The molecule has 2 aromatic carbocycles. The van der Waals surface area contributed by atoms with E-state index in [1.807, 2.05) is 6.07 Å². The predicted molar refractivity (Wildman–Crippen MR) is 102 cm³/mol. The molecule has 1 atom stereocenters. The summed E-state index contributed by atoms with van der Waals surface area (Å²) in [6.07, 6.45) is 0.0353. The van der Waals surface area contributed by atoms with E-state index in [4.69, 9.17) is 13.8 Å². The van der Waals surface area contributed by atoms with Crippen LogP contribution in [0, 0.1) is 0 Å². The van der Waals surface area contributed by atoms with Crippen molar-refractivity contribution in [2.45, 2.75) is 25.9 Å². The molecule has 0 aromatic heterocycles. The Balaban J connectivity index is 2.39. The average molecular weight is 376 g/mol. The Morgan fingerprint density at radius 2 is 1.54 bits per heavy atom. The smallest absolute Gasteiger partial charge is 0.338 e. The highest BCUT2D eigenvalue weighted by Gasteiger charge is 2.38. The van der Waals surface area contributed by atoms with Crippen LogP contribution in [0.4, 0.5) is 0 Å². The van der Waals surface area contributed by atoms with E-state index in [-0.39, 0.29) is 25.4 Å². The summed E-state index contributed by atoms with van der Waals surface area (Å²) in [6.45, 7) is 4.00. The summed E-state index contributed by atoms with van der Waals surface area (Å²) in [5.41, 5.74) is 0.617. The van der Waals surface area contributed by atoms with Gasteiger partial charge in [-0.2, -0.15) is 0 Å². The van der Waals surface area contributed by atoms with Gasteiger partial charge in [0.2, 0.25) is 0 Å². The highest BCUT2D eigenvalue weighted by atomic mass is 31.2. The first-order valence-corrected chi connectivity index (χ1v) is 10.3. The van der Waals surface area contributed by atoms with Gasteiger partial charge in [0.1, 0.15) is 5.75 Å². The topological polar surface area (TPSA) is 61.8 Å². The molecule has 0 amide bonds. The number of carbonyl (C=O) groups is 1. The fourth-order valence-corrected chi connectivity index (χ4v) is 4.81. The molecule has 26 heavy (non-hydrogen) atoms. The lowest BCUT2D eigenvalue weighted by Crippen LogP contribution is -2.12. The van der Waals surface area contributed by atoms with E-state index < -0.39 is 13.3 Å². The highest BCUT2D eigenvalue weighted by Crippen LogP contribution is 2.62. The number of Topliss-reactive ketones (excluding diaryl/α,β-unsaturated/α-hetero) is 1. The minimum absolute atomic E-state index is 0.0353. The minimum atomic E-state index is -3.51. The van der Waals surface area contributed by atoms with Gasteiger partial charge in [0.25, 0.3) is 0 Å². The quantitative estimate of drug-likeness (QED) is 0.417. The number of methoxy groups -OCH3 is 1. The fourth-order valence-electron chi connectivity index (χ4n) is 2.73. The maximum absolute atomic E-state index is 13.4. The van der Waals surface area contributed by atoms with Crippen molar-refractivity contribution in [2.24, 2.45) is 0 Å². The molecular weight excluding hydrogens is 351 g/mol. The molecule has 6 heteroatoms.